The fourth-order valence-corrected chi connectivity index (χ4v) is 4.99. The quantitative estimate of drug-likeness (QED) is 0.739. The number of benzene rings is 2. The maximum Gasteiger partial charge on any atom is 0.363 e. The zero-order valence-corrected chi connectivity index (χ0v) is 10.5. The van der Waals surface area contributed by atoms with Crippen LogP contribution in [0, 0.1) is 0 Å². The van der Waals surface area contributed by atoms with Crippen LogP contribution in [0.2, 0.25) is 0 Å². The highest BCUT2D eigenvalue weighted by molar-refractivity contribution is 8.27. The lowest BCUT2D eigenvalue weighted by atomic mass is 10.2. The summed E-state index contributed by atoms with van der Waals surface area (Å²) in [6.07, 6.45) is 0. The summed E-state index contributed by atoms with van der Waals surface area (Å²) in [6, 6.07) is 14.1. The number of hydrogen-bond acceptors (Lipinski definition) is 4. The van der Waals surface area contributed by atoms with Gasteiger partial charge in [-0.25, -0.2) is 9.59 Å². The lowest BCUT2D eigenvalue weighted by Crippen LogP contribution is -2.02. The molecular weight excluding hydrogens is 264 g/mol. The summed E-state index contributed by atoms with van der Waals surface area (Å²) in [5.74, 6) is -0.870. The Bertz CT molecular complexity index is 674. The zero-order valence-electron chi connectivity index (χ0n) is 9.66. The van der Waals surface area contributed by atoms with E-state index in [1.54, 1.807) is 36.4 Å². The molecule has 2 aliphatic rings. The van der Waals surface area contributed by atoms with Crippen molar-refractivity contribution in [3.05, 3.63) is 59.7 Å². The van der Waals surface area contributed by atoms with E-state index in [4.69, 9.17) is 8.37 Å². The molecule has 2 aromatic rings. The van der Waals surface area contributed by atoms with Gasteiger partial charge in [-0.1, -0.05) is 34.9 Å². The minimum atomic E-state index is -2.44. The Hall–Kier alpha value is -2.27. The van der Waals surface area contributed by atoms with Gasteiger partial charge in [0.2, 0.25) is 0 Å². The molecule has 0 fully saturated rings. The van der Waals surface area contributed by atoms with E-state index in [2.05, 4.69) is 0 Å². The Morgan fingerprint density at radius 1 is 0.684 bits per heavy atom. The van der Waals surface area contributed by atoms with Crippen molar-refractivity contribution in [3.8, 4) is 0 Å². The molecule has 0 unspecified atom stereocenters. The fourth-order valence-electron chi connectivity index (χ4n) is 2.36. The van der Waals surface area contributed by atoms with Crippen molar-refractivity contribution in [2.75, 3.05) is 0 Å². The molecule has 2 aliphatic heterocycles. The molecule has 2 heterocycles. The van der Waals surface area contributed by atoms with Crippen molar-refractivity contribution in [1.29, 1.82) is 0 Å². The van der Waals surface area contributed by atoms with Gasteiger partial charge >= 0.3 is 11.9 Å². The third-order valence-corrected chi connectivity index (χ3v) is 5.82. The van der Waals surface area contributed by atoms with E-state index in [-0.39, 0.29) is 0 Å². The topological polar surface area (TPSA) is 52.6 Å². The third-order valence-electron chi connectivity index (χ3n) is 3.18. The van der Waals surface area contributed by atoms with Gasteiger partial charge in [-0.3, -0.25) is 0 Å². The molecule has 0 atom stereocenters. The summed E-state index contributed by atoms with van der Waals surface area (Å²) in [5, 5.41) is 0. The molecular formula is C14H8O4S. The predicted octanol–water partition coefficient (Wildman–Crippen LogP) is 3.08. The highest BCUT2D eigenvalue weighted by Crippen LogP contribution is 2.72. The number of hydrogen-bond donors (Lipinski definition) is 0. The number of carbonyl (C=O) groups excluding carboxylic acids is 2. The minimum Gasteiger partial charge on any atom is -0.330 e. The second-order valence-corrected chi connectivity index (χ2v) is 6.46. The second kappa shape index (κ2) is 3.39. The van der Waals surface area contributed by atoms with Gasteiger partial charge in [0.1, 0.15) is 9.79 Å². The number of fused-ring (bicyclic) bond motifs is 4. The molecule has 94 valence electrons. The molecule has 0 N–H and O–H groups in total. The van der Waals surface area contributed by atoms with Crippen LogP contribution in [0.25, 0.3) is 0 Å². The molecule has 19 heavy (non-hydrogen) atoms. The van der Waals surface area contributed by atoms with Crippen LogP contribution in [0.3, 0.4) is 0 Å². The number of rotatable bonds is 0. The van der Waals surface area contributed by atoms with Crippen LogP contribution < -0.4 is 0 Å². The van der Waals surface area contributed by atoms with Crippen LogP contribution in [0.5, 0.6) is 0 Å². The van der Waals surface area contributed by atoms with Crippen LogP contribution in [-0.4, -0.2) is 11.9 Å². The lowest BCUT2D eigenvalue weighted by molar-refractivity contribution is 0.0711. The van der Waals surface area contributed by atoms with Gasteiger partial charge in [-0.05, 0) is 24.3 Å². The molecule has 0 aliphatic carbocycles. The largest absolute Gasteiger partial charge is 0.363 e. The van der Waals surface area contributed by atoms with Crippen molar-refractivity contribution in [3.63, 3.8) is 0 Å². The monoisotopic (exact) mass is 272 g/mol. The van der Waals surface area contributed by atoms with Crippen molar-refractivity contribution in [2.24, 2.45) is 0 Å². The minimum absolute atomic E-state index is 0.435. The second-order valence-electron chi connectivity index (χ2n) is 4.24. The molecule has 0 saturated heterocycles. The van der Waals surface area contributed by atoms with E-state index in [1.807, 2.05) is 12.1 Å². The van der Waals surface area contributed by atoms with Gasteiger partial charge in [0.15, 0.2) is 0 Å². The summed E-state index contributed by atoms with van der Waals surface area (Å²) >= 11 is 0. The summed E-state index contributed by atoms with van der Waals surface area (Å²) in [4.78, 5) is 25.2. The zero-order chi connectivity index (χ0) is 13.0. The van der Waals surface area contributed by atoms with Crippen LogP contribution in [0.4, 0.5) is 0 Å². The third kappa shape index (κ3) is 1.20. The molecule has 4 rings (SSSR count). The van der Waals surface area contributed by atoms with E-state index >= 15 is 0 Å². The van der Waals surface area contributed by atoms with E-state index in [9.17, 15) is 9.59 Å². The van der Waals surface area contributed by atoms with Gasteiger partial charge < -0.3 is 8.37 Å². The summed E-state index contributed by atoms with van der Waals surface area (Å²) < 4.78 is 11.0. The van der Waals surface area contributed by atoms with Gasteiger partial charge in [0.05, 0.1) is 11.1 Å². The van der Waals surface area contributed by atoms with E-state index < -0.39 is 22.5 Å². The molecule has 1 spiro atoms. The maximum atomic E-state index is 12.0. The molecule has 0 bridgehead atoms. The van der Waals surface area contributed by atoms with E-state index in [0.29, 0.717) is 20.9 Å². The average molecular weight is 272 g/mol. The molecule has 0 amide bonds. The standard InChI is InChI=1S/C14H8O4S/c15-13-9-5-1-3-7-11(9)19(17-13)12-8-4-2-6-10(12)14(16)18-19/h1-8H. The van der Waals surface area contributed by atoms with Gasteiger partial charge in [-0.15, -0.1) is 0 Å². The molecule has 0 saturated carbocycles. The van der Waals surface area contributed by atoms with Gasteiger partial charge in [0.25, 0.3) is 0 Å². The average Bonchev–Trinajstić information content (AvgIpc) is 2.88. The Labute approximate surface area is 110 Å². The number of carbonyl (C=O) groups is 2. The van der Waals surface area contributed by atoms with Gasteiger partial charge in [-0.2, -0.15) is 0 Å². The maximum absolute atomic E-state index is 12.0. The molecule has 2 aromatic carbocycles. The molecule has 0 aromatic heterocycles. The molecule has 5 heteroatoms. The normalized spacial score (nSPS) is 19.6. The highest BCUT2D eigenvalue weighted by atomic mass is 32.3. The first-order valence-corrected chi connectivity index (χ1v) is 7.20. The summed E-state index contributed by atoms with van der Waals surface area (Å²) in [6.45, 7) is 0. The Morgan fingerprint density at radius 2 is 1.11 bits per heavy atom. The van der Waals surface area contributed by atoms with Crippen molar-refractivity contribution < 1.29 is 18.0 Å². The van der Waals surface area contributed by atoms with E-state index in [1.165, 1.54) is 0 Å². The van der Waals surface area contributed by atoms with E-state index in [0.717, 1.165) is 0 Å². The van der Waals surface area contributed by atoms with Crippen LogP contribution in [-0.2, 0) is 8.37 Å². The summed E-state index contributed by atoms with van der Waals surface area (Å²) in [5.41, 5.74) is 0.948. The smallest absolute Gasteiger partial charge is 0.330 e. The predicted molar refractivity (Wildman–Crippen MR) is 67.8 cm³/mol. The van der Waals surface area contributed by atoms with Crippen molar-refractivity contribution in [1.82, 2.24) is 0 Å². The SMILES string of the molecule is O=C1OS2(OC(=O)c3ccccc32)c2ccccc21. The van der Waals surface area contributed by atoms with Crippen LogP contribution in [0.1, 0.15) is 20.7 Å². The first-order chi connectivity index (χ1) is 9.22. The Morgan fingerprint density at radius 3 is 1.58 bits per heavy atom. The van der Waals surface area contributed by atoms with Crippen molar-refractivity contribution in [2.45, 2.75) is 9.79 Å². The fraction of sp³-hybridized carbons (Fsp3) is 0. The first-order valence-electron chi connectivity index (χ1n) is 5.71. The Balaban J connectivity index is 2.05. The highest BCUT2D eigenvalue weighted by Gasteiger charge is 2.49. The molecule has 0 radical (unpaired) electrons. The lowest BCUT2D eigenvalue weighted by Gasteiger charge is -2.32. The Kier molecular flexibility index (Phi) is 1.90. The summed E-state index contributed by atoms with van der Waals surface area (Å²) in [7, 11) is -2.44. The molecule has 4 nitrogen and oxygen atoms in total. The van der Waals surface area contributed by atoms with Crippen LogP contribution in [0.15, 0.2) is 58.3 Å². The van der Waals surface area contributed by atoms with Crippen molar-refractivity contribution >= 4 is 22.5 Å². The van der Waals surface area contributed by atoms with Crippen LogP contribution >= 0.6 is 10.6 Å². The van der Waals surface area contributed by atoms with Gasteiger partial charge in [0, 0.05) is 0 Å². The first kappa shape index (κ1) is 10.6.